The molecule has 0 aliphatic rings. The summed E-state index contributed by atoms with van der Waals surface area (Å²) in [7, 11) is 4.74. The minimum absolute atomic E-state index is 0.533. The van der Waals surface area contributed by atoms with Gasteiger partial charge in [0, 0.05) is 10.9 Å². The molecule has 0 radical (unpaired) electrons. The highest BCUT2D eigenvalue weighted by Gasteiger charge is 2.13. The fourth-order valence-electron chi connectivity index (χ4n) is 3.16. The summed E-state index contributed by atoms with van der Waals surface area (Å²) in [5.41, 5.74) is 2.73. The van der Waals surface area contributed by atoms with Crippen LogP contribution in [0.1, 0.15) is 11.1 Å². The van der Waals surface area contributed by atoms with E-state index in [1.54, 1.807) is 38.5 Å². The second kappa shape index (κ2) is 10.0. The molecule has 2 heterocycles. The van der Waals surface area contributed by atoms with Crippen molar-refractivity contribution < 1.29 is 18.6 Å². The summed E-state index contributed by atoms with van der Waals surface area (Å²) in [5.74, 6) is 2.36. The predicted octanol–water partition coefficient (Wildman–Crippen LogP) is 4.82. The van der Waals surface area contributed by atoms with Crippen molar-refractivity contribution in [3.8, 4) is 28.7 Å². The zero-order valence-electron chi connectivity index (χ0n) is 18.0. The summed E-state index contributed by atoms with van der Waals surface area (Å²) in [6.07, 6.45) is 3.37. The number of hydrogen-bond donors (Lipinski definition) is 0. The molecule has 164 valence electrons. The Morgan fingerprint density at radius 1 is 0.969 bits per heavy atom. The third-order valence-electron chi connectivity index (χ3n) is 4.71. The van der Waals surface area contributed by atoms with Crippen molar-refractivity contribution in [1.82, 2.24) is 4.68 Å². The summed E-state index contributed by atoms with van der Waals surface area (Å²) >= 11 is 1.50. The van der Waals surface area contributed by atoms with E-state index in [0.29, 0.717) is 29.6 Å². The third kappa shape index (κ3) is 4.60. The lowest BCUT2D eigenvalue weighted by Crippen LogP contribution is -2.12. The molecule has 0 atom stereocenters. The molecule has 0 saturated carbocycles. The Hall–Kier alpha value is -3.78. The van der Waals surface area contributed by atoms with Gasteiger partial charge >= 0.3 is 0 Å². The molecule has 2 aromatic carbocycles. The lowest BCUT2D eigenvalue weighted by Gasteiger charge is -2.12. The topological polar surface area (TPSA) is 70.5 Å². The maximum Gasteiger partial charge on any atom is 0.206 e. The van der Waals surface area contributed by atoms with E-state index in [1.165, 1.54) is 11.3 Å². The van der Waals surface area contributed by atoms with E-state index in [1.807, 2.05) is 60.0 Å². The van der Waals surface area contributed by atoms with Crippen molar-refractivity contribution in [2.45, 2.75) is 6.54 Å². The van der Waals surface area contributed by atoms with Crippen molar-refractivity contribution in [1.29, 1.82) is 0 Å². The van der Waals surface area contributed by atoms with Gasteiger partial charge in [0.15, 0.2) is 17.3 Å². The first-order valence-electron chi connectivity index (χ1n) is 9.86. The number of nitrogens with zero attached hydrogens (tertiary/aromatic N) is 3. The molecule has 0 saturated heterocycles. The number of furan rings is 1. The van der Waals surface area contributed by atoms with E-state index in [0.717, 1.165) is 21.6 Å². The van der Waals surface area contributed by atoms with E-state index in [4.69, 9.17) is 28.7 Å². The Labute approximate surface area is 189 Å². The summed E-state index contributed by atoms with van der Waals surface area (Å²) in [5, 5.41) is 6.69. The standard InChI is InChI=1S/C24H23N3O4S/c1-28-21-12-18(13-22(29-2)23(21)30-3)15-26-27-19(20-10-7-11-31-20)16-32-24(27)25-14-17-8-5-4-6-9-17/h4-13,15-16H,14H2,1-3H3. The van der Waals surface area contributed by atoms with Crippen molar-refractivity contribution in [2.75, 3.05) is 21.3 Å². The number of thiazole rings is 1. The van der Waals surface area contributed by atoms with E-state index >= 15 is 0 Å². The van der Waals surface area contributed by atoms with E-state index in [9.17, 15) is 0 Å². The van der Waals surface area contributed by atoms with Crippen LogP contribution in [-0.4, -0.2) is 32.2 Å². The lowest BCUT2D eigenvalue weighted by molar-refractivity contribution is 0.324. The maximum atomic E-state index is 5.61. The number of aromatic nitrogens is 1. The first-order chi connectivity index (χ1) is 15.7. The minimum Gasteiger partial charge on any atom is -0.493 e. The zero-order valence-corrected chi connectivity index (χ0v) is 18.8. The molecule has 4 rings (SSSR count). The lowest BCUT2D eigenvalue weighted by atomic mass is 10.2. The van der Waals surface area contributed by atoms with Gasteiger partial charge in [0.05, 0.1) is 40.4 Å². The SMILES string of the molecule is COc1cc(C=Nn2c(-c3ccco3)csc2=NCc2ccccc2)cc(OC)c1OC. The fourth-order valence-corrected chi connectivity index (χ4v) is 3.97. The van der Waals surface area contributed by atoms with Crippen molar-refractivity contribution >= 4 is 17.6 Å². The molecular weight excluding hydrogens is 426 g/mol. The van der Waals surface area contributed by atoms with Gasteiger partial charge in [-0.25, -0.2) is 4.68 Å². The molecule has 0 bridgehead atoms. The summed E-state index contributed by atoms with van der Waals surface area (Å²) in [6.45, 7) is 0.554. The molecule has 0 amide bonds. The molecular formula is C24H23N3O4S. The highest BCUT2D eigenvalue weighted by Crippen LogP contribution is 2.37. The Bertz CT molecular complexity index is 1230. The van der Waals surface area contributed by atoms with Crippen LogP contribution in [0.5, 0.6) is 17.2 Å². The highest BCUT2D eigenvalue weighted by atomic mass is 32.1. The van der Waals surface area contributed by atoms with Crippen LogP contribution in [0.2, 0.25) is 0 Å². The zero-order chi connectivity index (χ0) is 22.3. The van der Waals surface area contributed by atoms with Crippen LogP contribution >= 0.6 is 11.3 Å². The van der Waals surface area contributed by atoms with Crippen molar-refractivity contribution in [3.05, 3.63) is 82.2 Å². The molecule has 4 aromatic rings. The molecule has 2 aromatic heterocycles. The Balaban J connectivity index is 1.75. The second-order valence-corrected chi connectivity index (χ2v) is 7.53. The van der Waals surface area contributed by atoms with Gasteiger partial charge in [-0.3, -0.25) is 4.99 Å². The maximum absolute atomic E-state index is 5.61. The Morgan fingerprint density at radius 3 is 2.34 bits per heavy atom. The number of hydrogen-bond acceptors (Lipinski definition) is 7. The van der Waals surface area contributed by atoms with Gasteiger partial charge < -0.3 is 18.6 Å². The smallest absolute Gasteiger partial charge is 0.206 e. The van der Waals surface area contributed by atoms with Gasteiger partial charge in [-0.05, 0) is 29.8 Å². The van der Waals surface area contributed by atoms with Gasteiger partial charge in [0.2, 0.25) is 10.6 Å². The van der Waals surface area contributed by atoms with Crippen LogP contribution in [0.3, 0.4) is 0 Å². The Morgan fingerprint density at radius 2 is 1.72 bits per heavy atom. The van der Waals surface area contributed by atoms with Crippen LogP contribution in [0, 0.1) is 0 Å². The molecule has 0 aliphatic carbocycles. The summed E-state index contributed by atoms with van der Waals surface area (Å²) in [6, 6.07) is 17.5. The molecule has 0 fully saturated rings. The molecule has 0 aliphatic heterocycles. The number of methoxy groups -OCH3 is 3. The molecule has 0 N–H and O–H groups in total. The monoisotopic (exact) mass is 449 g/mol. The van der Waals surface area contributed by atoms with Crippen molar-refractivity contribution in [2.24, 2.45) is 10.1 Å². The van der Waals surface area contributed by atoms with Gasteiger partial charge in [-0.15, -0.1) is 11.3 Å². The van der Waals surface area contributed by atoms with E-state index in [-0.39, 0.29) is 0 Å². The Kier molecular flexibility index (Phi) is 6.72. The highest BCUT2D eigenvalue weighted by molar-refractivity contribution is 7.07. The van der Waals surface area contributed by atoms with Crippen molar-refractivity contribution in [3.63, 3.8) is 0 Å². The van der Waals surface area contributed by atoms with Crippen LogP contribution in [0.15, 0.2) is 80.8 Å². The van der Waals surface area contributed by atoms with Gasteiger partial charge in [0.25, 0.3) is 0 Å². The van der Waals surface area contributed by atoms with Crippen LogP contribution in [0.4, 0.5) is 0 Å². The number of benzene rings is 2. The predicted molar refractivity (Wildman–Crippen MR) is 125 cm³/mol. The van der Waals surface area contributed by atoms with E-state index < -0.39 is 0 Å². The molecule has 8 heteroatoms. The summed E-state index contributed by atoms with van der Waals surface area (Å²) in [4.78, 5) is 5.52. The van der Waals surface area contributed by atoms with Crippen LogP contribution in [-0.2, 0) is 6.54 Å². The summed E-state index contributed by atoms with van der Waals surface area (Å²) < 4.78 is 23.7. The minimum atomic E-state index is 0.533. The second-order valence-electron chi connectivity index (χ2n) is 6.70. The first kappa shape index (κ1) is 21.5. The van der Waals surface area contributed by atoms with E-state index in [2.05, 4.69) is 0 Å². The normalized spacial score (nSPS) is 11.8. The molecule has 0 spiro atoms. The average Bonchev–Trinajstić information content (AvgIpc) is 3.51. The molecule has 7 nitrogen and oxygen atoms in total. The first-order valence-corrected chi connectivity index (χ1v) is 10.7. The quantitative estimate of drug-likeness (QED) is 0.362. The van der Waals surface area contributed by atoms with Crippen LogP contribution < -0.4 is 19.0 Å². The molecule has 0 unspecified atom stereocenters. The fraction of sp³-hybridized carbons (Fsp3) is 0.167. The number of ether oxygens (including phenoxy) is 3. The largest absolute Gasteiger partial charge is 0.493 e. The van der Waals surface area contributed by atoms with Gasteiger partial charge in [0.1, 0.15) is 5.69 Å². The van der Waals surface area contributed by atoms with Gasteiger partial charge in [-0.2, -0.15) is 5.10 Å². The third-order valence-corrected chi connectivity index (χ3v) is 5.56. The van der Waals surface area contributed by atoms with Gasteiger partial charge in [-0.1, -0.05) is 30.3 Å². The van der Waals surface area contributed by atoms with Crippen LogP contribution in [0.25, 0.3) is 11.5 Å². The number of rotatable bonds is 8. The molecule has 32 heavy (non-hydrogen) atoms. The average molecular weight is 450 g/mol.